The van der Waals surface area contributed by atoms with Crippen LogP contribution in [0.3, 0.4) is 0 Å². The molecule has 3 atom stereocenters. The smallest absolute Gasteiger partial charge is 0.255 e. The van der Waals surface area contributed by atoms with Crippen molar-refractivity contribution in [1.82, 2.24) is 19.7 Å². The van der Waals surface area contributed by atoms with E-state index in [0.717, 1.165) is 28.1 Å². The van der Waals surface area contributed by atoms with Crippen LogP contribution in [0.1, 0.15) is 40.0 Å². The molecule has 190 valence electrons. The quantitative estimate of drug-likeness (QED) is 0.293. The average molecular weight is 505 g/mol. The molecule has 1 saturated heterocycles. The van der Waals surface area contributed by atoms with Gasteiger partial charge in [-0.1, -0.05) is 36.9 Å². The van der Waals surface area contributed by atoms with Gasteiger partial charge in [0.1, 0.15) is 5.82 Å². The number of hydrogen-bond acceptors (Lipinski definition) is 3. The molecule has 2 fully saturated rings. The van der Waals surface area contributed by atoms with Crippen LogP contribution in [0.25, 0.3) is 11.8 Å². The molecule has 0 bridgehead atoms. The number of benzene rings is 2. The molecule has 1 amide bonds. The van der Waals surface area contributed by atoms with Crippen LogP contribution in [0.2, 0.25) is 0 Å². The number of carbonyl (C=O) groups excluding carboxylic acids is 1. The fourth-order valence-electron chi connectivity index (χ4n) is 6.21. The Labute approximate surface area is 222 Å². The van der Waals surface area contributed by atoms with Crippen molar-refractivity contribution < 1.29 is 9.18 Å². The number of aromatic nitrogens is 3. The monoisotopic (exact) mass is 504 g/mol. The molecular formula is C32H29FN4O. The first-order valence-electron chi connectivity index (χ1n) is 12.8. The largest absolute Gasteiger partial charge is 0.337 e. The predicted octanol–water partition coefficient (Wildman–Crippen LogP) is 6.23. The van der Waals surface area contributed by atoms with Crippen LogP contribution in [0.4, 0.5) is 4.39 Å². The van der Waals surface area contributed by atoms with Crippen LogP contribution in [0.15, 0.2) is 103 Å². The van der Waals surface area contributed by atoms with E-state index in [0.29, 0.717) is 30.5 Å². The molecule has 0 spiro atoms. The minimum absolute atomic E-state index is 0.0103. The van der Waals surface area contributed by atoms with Crippen molar-refractivity contribution in [1.29, 1.82) is 0 Å². The maximum absolute atomic E-state index is 13.5. The van der Waals surface area contributed by atoms with Gasteiger partial charge < -0.3 is 4.90 Å². The first-order chi connectivity index (χ1) is 18.4. The molecule has 6 heteroatoms. The van der Waals surface area contributed by atoms with E-state index in [2.05, 4.69) is 53.9 Å². The van der Waals surface area contributed by atoms with Gasteiger partial charge in [-0.15, -0.1) is 0 Å². The second-order valence-electron chi connectivity index (χ2n) is 10.4. The summed E-state index contributed by atoms with van der Waals surface area (Å²) < 4.78 is 15.4. The van der Waals surface area contributed by atoms with E-state index in [-0.39, 0.29) is 17.1 Å². The molecule has 0 radical (unpaired) electrons. The fourth-order valence-corrected chi connectivity index (χ4v) is 6.21. The third-order valence-corrected chi connectivity index (χ3v) is 8.20. The van der Waals surface area contributed by atoms with E-state index in [1.807, 2.05) is 34.8 Å². The fraction of sp³-hybridized carbons (Fsp3) is 0.219. The summed E-state index contributed by atoms with van der Waals surface area (Å²) in [5, 5.41) is 4.55. The minimum Gasteiger partial charge on any atom is -0.337 e. The summed E-state index contributed by atoms with van der Waals surface area (Å²) in [6.45, 7) is 10.0. The molecule has 5 nitrogen and oxygen atoms in total. The van der Waals surface area contributed by atoms with Gasteiger partial charge in [0.25, 0.3) is 5.91 Å². The molecule has 3 heterocycles. The van der Waals surface area contributed by atoms with E-state index < -0.39 is 0 Å². The first kappa shape index (κ1) is 24.0. The minimum atomic E-state index is -0.281. The lowest BCUT2D eigenvalue weighted by atomic mass is 9.86. The number of nitrogens with zero attached hydrogens (tertiary/aromatic N) is 4. The second-order valence-corrected chi connectivity index (χ2v) is 10.4. The van der Waals surface area contributed by atoms with Crippen molar-refractivity contribution in [2.24, 2.45) is 11.3 Å². The molecule has 2 aromatic heterocycles. The van der Waals surface area contributed by atoms with Crippen molar-refractivity contribution in [3.8, 4) is 5.69 Å². The lowest BCUT2D eigenvalue weighted by Gasteiger charge is -2.26. The Morgan fingerprint density at radius 2 is 1.84 bits per heavy atom. The summed E-state index contributed by atoms with van der Waals surface area (Å²) in [6, 6.07) is 20.5. The van der Waals surface area contributed by atoms with Crippen LogP contribution in [0, 0.1) is 24.1 Å². The molecule has 1 aliphatic carbocycles. The number of hydrogen-bond donors (Lipinski definition) is 0. The van der Waals surface area contributed by atoms with Crippen LogP contribution < -0.4 is 0 Å². The zero-order chi connectivity index (χ0) is 26.4. The zero-order valence-electron chi connectivity index (χ0n) is 21.5. The number of pyridine rings is 1. The number of fused-ring (bicyclic) bond motifs is 1. The van der Waals surface area contributed by atoms with Crippen molar-refractivity contribution in [2.75, 3.05) is 13.1 Å². The van der Waals surface area contributed by atoms with Gasteiger partial charge in [0.2, 0.25) is 0 Å². The molecule has 0 N–H and O–H groups in total. The zero-order valence-corrected chi connectivity index (χ0v) is 21.5. The molecule has 0 unspecified atom stereocenters. The molecule has 1 aliphatic heterocycles. The topological polar surface area (TPSA) is 51.0 Å². The van der Waals surface area contributed by atoms with E-state index in [9.17, 15) is 9.18 Å². The van der Waals surface area contributed by atoms with Crippen molar-refractivity contribution in [2.45, 2.75) is 19.8 Å². The lowest BCUT2D eigenvalue weighted by molar-refractivity contribution is 0.0765. The van der Waals surface area contributed by atoms with Gasteiger partial charge in [0.15, 0.2) is 0 Å². The van der Waals surface area contributed by atoms with Crippen LogP contribution in [-0.4, -0.2) is 38.7 Å². The van der Waals surface area contributed by atoms with Crippen LogP contribution >= 0.6 is 0 Å². The summed E-state index contributed by atoms with van der Waals surface area (Å²) in [5.74, 6) is 0.331. The molecule has 38 heavy (non-hydrogen) atoms. The highest BCUT2D eigenvalue weighted by atomic mass is 19.1. The first-order valence-corrected chi connectivity index (χ1v) is 12.8. The third kappa shape index (κ3) is 3.88. The molecule has 1 saturated carbocycles. The average Bonchev–Trinajstić information content (AvgIpc) is 3.18. The van der Waals surface area contributed by atoms with Gasteiger partial charge >= 0.3 is 0 Å². The number of allylic oxidation sites excluding steroid dienone is 1. The molecule has 4 aromatic rings. The van der Waals surface area contributed by atoms with Crippen molar-refractivity contribution in [3.63, 3.8) is 0 Å². The highest BCUT2D eigenvalue weighted by Crippen LogP contribution is 2.72. The van der Waals surface area contributed by atoms with Crippen molar-refractivity contribution in [3.05, 3.63) is 131 Å². The number of piperidine rings is 1. The Balaban J connectivity index is 1.34. The normalized spacial score (nSPS) is 22.3. The van der Waals surface area contributed by atoms with Crippen LogP contribution in [-0.2, 0) is 0 Å². The Kier molecular flexibility index (Phi) is 5.83. The number of aryl methyl sites for hydroxylation is 1. The summed E-state index contributed by atoms with van der Waals surface area (Å²) in [7, 11) is 0. The lowest BCUT2D eigenvalue weighted by Crippen LogP contribution is -2.33. The van der Waals surface area contributed by atoms with Gasteiger partial charge in [-0.3, -0.25) is 9.78 Å². The van der Waals surface area contributed by atoms with E-state index in [1.54, 1.807) is 30.6 Å². The maximum atomic E-state index is 13.5. The number of amides is 1. The van der Waals surface area contributed by atoms with Crippen LogP contribution in [0.5, 0.6) is 0 Å². The van der Waals surface area contributed by atoms with Crippen molar-refractivity contribution >= 4 is 12.0 Å². The molecule has 2 aliphatic rings. The van der Waals surface area contributed by atoms with Gasteiger partial charge in [-0.2, -0.15) is 5.10 Å². The highest BCUT2D eigenvalue weighted by molar-refractivity contribution is 5.94. The van der Waals surface area contributed by atoms with Gasteiger partial charge in [0, 0.05) is 36.8 Å². The van der Waals surface area contributed by atoms with E-state index in [4.69, 9.17) is 0 Å². The predicted molar refractivity (Wildman–Crippen MR) is 146 cm³/mol. The number of carbonyl (C=O) groups is 1. The van der Waals surface area contributed by atoms with Gasteiger partial charge in [-0.05, 0) is 84.5 Å². The highest BCUT2D eigenvalue weighted by Gasteiger charge is 2.71. The summed E-state index contributed by atoms with van der Waals surface area (Å²) in [4.78, 5) is 19.4. The Morgan fingerprint density at radius 3 is 2.55 bits per heavy atom. The Bertz CT molecular complexity index is 1540. The summed E-state index contributed by atoms with van der Waals surface area (Å²) in [6.07, 6.45) is 7.25. The number of halogens is 1. The molecule has 6 rings (SSSR count). The number of rotatable bonds is 6. The second kappa shape index (κ2) is 9.21. The Morgan fingerprint density at radius 1 is 1.08 bits per heavy atom. The molecule has 2 aromatic carbocycles. The number of likely N-dealkylation sites (tertiary alicyclic amines) is 1. The third-order valence-electron chi connectivity index (χ3n) is 8.20. The van der Waals surface area contributed by atoms with E-state index >= 15 is 0 Å². The standard InChI is InChI=1S/C32H29FN4O/c1-21(16-29-22(2)17-35-37(29)27-13-11-26(33)12-14-27)23(3)32-20-36(31(38)25-10-7-15-34-18-25)19-28(32)30(32)24-8-5-4-6-9-24/h4-18,28,30H,3,19-20H2,1-2H3/b21-16-/t28-,30-,32+/m0/s1. The SMILES string of the molecule is C=C(/C(C)=C\c1c(C)cnn1-c1ccc(F)cc1)[C@]12CN(C(=O)c3cccnc3)C[C@H]1[C@@H]2c1ccccc1. The summed E-state index contributed by atoms with van der Waals surface area (Å²) in [5.41, 5.74) is 6.51. The summed E-state index contributed by atoms with van der Waals surface area (Å²) >= 11 is 0. The molecular weight excluding hydrogens is 475 g/mol. The Hall–Kier alpha value is -4.32. The maximum Gasteiger partial charge on any atom is 0.255 e. The van der Waals surface area contributed by atoms with Gasteiger partial charge in [-0.25, -0.2) is 9.07 Å². The van der Waals surface area contributed by atoms with E-state index in [1.165, 1.54) is 17.7 Å². The van der Waals surface area contributed by atoms with Gasteiger partial charge in [0.05, 0.1) is 23.1 Å².